The first-order valence-corrected chi connectivity index (χ1v) is 20.9. The molecule has 0 bridgehead atoms. The van der Waals surface area contributed by atoms with E-state index in [2.05, 4.69) is 44.4 Å². The van der Waals surface area contributed by atoms with Crippen molar-refractivity contribution in [3.05, 3.63) is 66.2 Å². The second-order valence-corrected chi connectivity index (χ2v) is 15.4. The number of piperidine rings is 1. The minimum atomic E-state index is -1.14. The number of para-hydroxylation sites is 1. The normalized spacial score (nSPS) is 17.2. The molecule has 13 nitrogen and oxygen atoms in total. The van der Waals surface area contributed by atoms with Crippen molar-refractivity contribution < 1.29 is 33.4 Å². The second kappa shape index (κ2) is 24.3. The number of esters is 1. The van der Waals surface area contributed by atoms with Crippen molar-refractivity contribution in [3.8, 4) is 0 Å². The molecule has 14 heteroatoms. The Kier molecular flexibility index (Phi) is 19.2. The number of carbonyl (C=O) groups excluding carboxylic acids is 5. The zero-order valence-corrected chi connectivity index (χ0v) is 33.6. The zero-order valence-electron chi connectivity index (χ0n) is 32.8. The topological polar surface area (TPSA) is 159 Å². The highest BCUT2D eigenvalue weighted by Crippen LogP contribution is 2.36. The Labute approximate surface area is 335 Å². The number of anilines is 1. The van der Waals surface area contributed by atoms with Crippen molar-refractivity contribution >= 4 is 59.6 Å². The van der Waals surface area contributed by atoms with Crippen LogP contribution >= 0.6 is 11.8 Å². The molecule has 304 valence electrons. The summed E-state index contributed by atoms with van der Waals surface area (Å²) in [6.45, 7) is 8.59. The number of urea groups is 1. The summed E-state index contributed by atoms with van der Waals surface area (Å²) in [5, 5.41) is 6.10. The lowest BCUT2D eigenvalue weighted by Gasteiger charge is -2.46. The lowest BCUT2D eigenvalue weighted by molar-refractivity contribution is -0.154. The largest absolute Gasteiger partial charge is 0.464 e. The summed E-state index contributed by atoms with van der Waals surface area (Å²) in [5.74, 6) is -0.0238. The summed E-state index contributed by atoms with van der Waals surface area (Å²) in [5.41, 5.74) is 1.65. The van der Waals surface area contributed by atoms with Gasteiger partial charge in [-0.15, -0.1) is 0 Å². The van der Waals surface area contributed by atoms with E-state index in [-0.39, 0.29) is 37.2 Å². The number of likely N-dealkylation sites (tertiary alicyclic amines) is 1. The van der Waals surface area contributed by atoms with Crippen LogP contribution in [0.15, 0.2) is 70.6 Å². The highest BCUT2D eigenvalue weighted by atomic mass is 32.2. The summed E-state index contributed by atoms with van der Waals surface area (Å²) in [4.78, 5) is 74.7. The third kappa shape index (κ3) is 14.6. The van der Waals surface area contributed by atoms with Gasteiger partial charge in [0.05, 0.1) is 19.8 Å². The number of ether oxygens (including phenoxy) is 2. The van der Waals surface area contributed by atoms with E-state index in [1.807, 2.05) is 48.5 Å². The number of carbonyl (C=O) groups is 5. The number of nitrogens with one attached hydrogen (secondary N) is 2. The SMILES string of the molecule is C=NC(=O)/N=C1/CS[C@@H](CCCCC(=O)NCCOCCNC(=O)CCCOC(=O)C2(N(C(=O)CC)c3ccccc3)CCN(CCc3ccccc3)CC2)C1. The van der Waals surface area contributed by atoms with Crippen molar-refractivity contribution in [1.29, 1.82) is 0 Å². The molecular formula is C42H58N6O7S. The van der Waals surface area contributed by atoms with Gasteiger partial charge in [-0.25, -0.2) is 19.6 Å². The maximum Gasteiger partial charge on any atom is 0.366 e. The van der Waals surface area contributed by atoms with Crippen LogP contribution in [-0.2, 0) is 35.1 Å². The van der Waals surface area contributed by atoms with Gasteiger partial charge in [0, 0.05) is 74.4 Å². The highest BCUT2D eigenvalue weighted by molar-refractivity contribution is 8.01. The van der Waals surface area contributed by atoms with Gasteiger partial charge in [-0.2, -0.15) is 11.8 Å². The van der Waals surface area contributed by atoms with Crippen molar-refractivity contribution in [2.45, 2.75) is 88.3 Å². The molecule has 0 radical (unpaired) electrons. The lowest BCUT2D eigenvalue weighted by Crippen LogP contribution is -2.63. The van der Waals surface area contributed by atoms with Crippen LogP contribution in [0.4, 0.5) is 10.5 Å². The number of amides is 5. The molecule has 2 aliphatic rings. The van der Waals surface area contributed by atoms with Crippen molar-refractivity contribution in [1.82, 2.24) is 15.5 Å². The molecule has 4 rings (SSSR count). The van der Waals surface area contributed by atoms with Gasteiger partial charge in [-0.1, -0.05) is 61.9 Å². The fourth-order valence-corrected chi connectivity index (χ4v) is 8.24. The van der Waals surface area contributed by atoms with Crippen LogP contribution in [0.5, 0.6) is 0 Å². The standard InChI is InChI=1S/C42H58N6O7S/c1-3-39(51)48(35-15-8-5-9-16-35)42(21-26-47(27-22-42)25-20-33-13-6-4-7-14-33)40(52)55-28-12-19-38(50)45-24-30-54-29-23-44-37(49)18-11-10-17-36-31-34(32-56-36)46-41(53)43-2/h4-9,13-16,36H,2-3,10-12,17-32H2,1H3,(H,44,49)(H,45,50)/b46-34+/t36-/m0/s1. The number of hydrogen-bond donors (Lipinski definition) is 2. The lowest BCUT2D eigenvalue weighted by atomic mass is 9.84. The van der Waals surface area contributed by atoms with E-state index in [4.69, 9.17) is 9.47 Å². The van der Waals surface area contributed by atoms with Gasteiger partial charge in [-0.3, -0.25) is 19.3 Å². The van der Waals surface area contributed by atoms with E-state index in [1.54, 1.807) is 23.6 Å². The molecule has 0 saturated carbocycles. The molecule has 56 heavy (non-hydrogen) atoms. The van der Waals surface area contributed by atoms with Crippen LogP contribution in [0, 0.1) is 0 Å². The molecular weight excluding hydrogens is 733 g/mol. The first kappa shape index (κ1) is 44.3. The summed E-state index contributed by atoms with van der Waals surface area (Å²) in [6, 6.07) is 19.1. The van der Waals surface area contributed by atoms with Crippen LogP contribution in [0.1, 0.15) is 76.7 Å². The van der Waals surface area contributed by atoms with E-state index >= 15 is 0 Å². The molecule has 2 aromatic carbocycles. The fraction of sp³-hybridized carbons (Fsp3) is 0.548. The van der Waals surface area contributed by atoms with E-state index in [1.165, 1.54) is 5.56 Å². The monoisotopic (exact) mass is 790 g/mol. The van der Waals surface area contributed by atoms with Crippen molar-refractivity contribution in [2.24, 2.45) is 9.98 Å². The molecule has 2 saturated heterocycles. The van der Waals surface area contributed by atoms with Crippen molar-refractivity contribution in [3.63, 3.8) is 0 Å². The number of unbranched alkanes of at least 4 members (excludes halogenated alkanes) is 1. The number of rotatable bonds is 22. The average molecular weight is 791 g/mol. The minimum absolute atomic E-state index is 0.0217. The van der Waals surface area contributed by atoms with Crippen LogP contribution < -0.4 is 15.5 Å². The number of nitrogens with zero attached hydrogens (tertiary/aromatic N) is 4. The van der Waals surface area contributed by atoms with Crippen molar-refractivity contribution in [2.75, 3.05) is 63.2 Å². The number of hydrogen-bond acceptors (Lipinski definition) is 9. The summed E-state index contributed by atoms with van der Waals surface area (Å²) < 4.78 is 11.4. The van der Waals surface area contributed by atoms with Gasteiger partial charge in [0.1, 0.15) is 5.54 Å². The van der Waals surface area contributed by atoms with Crippen LogP contribution in [0.3, 0.4) is 0 Å². The van der Waals surface area contributed by atoms with Crippen LogP contribution in [-0.4, -0.2) is 116 Å². The Hall–Kier alpha value is -4.40. The first-order valence-electron chi connectivity index (χ1n) is 19.9. The minimum Gasteiger partial charge on any atom is -0.464 e. The van der Waals surface area contributed by atoms with Gasteiger partial charge in [0.2, 0.25) is 17.7 Å². The molecule has 2 fully saturated rings. The number of benzene rings is 2. The Morgan fingerprint density at radius 3 is 2.18 bits per heavy atom. The fourth-order valence-electron chi connectivity index (χ4n) is 6.98. The van der Waals surface area contributed by atoms with E-state index in [9.17, 15) is 24.0 Å². The zero-order chi connectivity index (χ0) is 40.0. The maximum atomic E-state index is 14.0. The van der Waals surface area contributed by atoms with E-state index < -0.39 is 17.5 Å². The van der Waals surface area contributed by atoms with Gasteiger partial charge < -0.3 is 25.0 Å². The van der Waals surface area contributed by atoms with Crippen LogP contribution in [0.2, 0.25) is 0 Å². The van der Waals surface area contributed by atoms with Gasteiger partial charge in [0.15, 0.2) is 0 Å². The molecule has 2 heterocycles. The molecule has 2 N–H and O–H groups in total. The molecule has 5 amide bonds. The molecule has 2 aromatic rings. The molecule has 0 unspecified atom stereocenters. The molecule has 0 spiro atoms. The summed E-state index contributed by atoms with van der Waals surface area (Å²) in [7, 11) is 0. The molecule has 0 aromatic heterocycles. The predicted molar refractivity (Wildman–Crippen MR) is 222 cm³/mol. The summed E-state index contributed by atoms with van der Waals surface area (Å²) in [6.07, 6.45) is 6.48. The first-order chi connectivity index (χ1) is 27.2. The molecule has 1 atom stereocenters. The predicted octanol–water partition coefficient (Wildman–Crippen LogP) is 5.41. The van der Waals surface area contributed by atoms with Gasteiger partial charge in [0.25, 0.3) is 0 Å². The second-order valence-electron chi connectivity index (χ2n) is 14.1. The maximum absolute atomic E-state index is 14.0. The highest BCUT2D eigenvalue weighted by Gasteiger charge is 2.50. The third-order valence-electron chi connectivity index (χ3n) is 10.1. The van der Waals surface area contributed by atoms with Gasteiger partial charge in [-0.05, 0) is 69.4 Å². The third-order valence-corrected chi connectivity index (χ3v) is 11.4. The average Bonchev–Trinajstić information content (AvgIpc) is 3.67. The molecule has 0 aliphatic carbocycles. The number of thioether (sulfide) groups is 1. The van der Waals surface area contributed by atoms with Crippen LogP contribution in [0.25, 0.3) is 0 Å². The van der Waals surface area contributed by atoms with Gasteiger partial charge >= 0.3 is 12.0 Å². The Bertz CT molecular complexity index is 1600. The van der Waals surface area contributed by atoms with E-state index in [0.29, 0.717) is 76.0 Å². The quantitative estimate of drug-likeness (QED) is 0.0905. The smallest absolute Gasteiger partial charge is 0.366 e. The number of aliphatic imine (C=N–C) groups is 2. The Morgan fingerprint density at radius 2 is 1.54 bits per heavy atom. The Morgan fingerprint density at radius 1 is 0.893 bits per heavy atom. The van der Waals surface area contributed by atoms with E-state index in [0.717, 1.165) is 50.1 Å². The summed E-state index contributed by atoms with van der Waals surface area (Å²) >= 11 is 1.78. The Balaban J connectivity index is 1.10. The molecule has 2 aliphatic heterocycles.